The van der Waals surface area contributed by atoms with Crippen LogP contribution in [0.3, 0.4) is 0 Å². The first-order valence-corrected chi connectivity index (χ1v) is 12.3. The smallest absolute Gasteiger partial charge is 0.131 e. The molecule has 172 valence electrons. The summed E-state index contributed by atoms with van der Waals surface area (Å²) in [6.45, 7) is 4.54. The van der Waals surface area contributed by atoms with E-state index in [4.69, 9.17) is 9.72 Å². The molecular weight excluding hydrogens is 440 g/mol. The van der Waals surface area contributed by atoms with Crippen molar-refractivity contribution in [2.45, 2.75) is 19.3 Å². The first-order chi connectivity index (χ1) is 17.6. The molecule has 36 heavy (non-hydrogen) atoms. The highest BCUT2D eigenvalue weighted by atomic mass is 16.5. The second-order valence-corrected chi connectivity index (χ2v) is 9.92. The maximum Gasteiger partial charge on any atom is 0.131 e. The third-order valence-electron chi connectivity index (χ3n) is 7.38. The highest BCUT2D eigenvalue weighted by molar-refractivity contribution is 6.03. The summed E-state index contributed by atoms with van der Waals surface area (Å²) in [5.41, 5.74) is 8.55. The second-order valence-electron chi connectivity index (χ2n) is 9.92. The summed E-state index contributed by atoms with van der Waals surface area (Å²) >= 11 is 0. The van der Waals surface area contributed by atoms with Crippen LogP contribution < -0.4 is 4.74 Å². The van der Waals surface area contributed by atoms with E-state index in [1.165, 1.54) is 22.3 Å². The van der Waals surface area contributed by atoms with Gasteiger partial charge in [0.15, 0.2) is 0 Å². The van der Waals surface area contributed by atoms with Crippen molar-refractivity contribution in [1.82, 2.24) is 9.97 Å². The average Bonchev–Trinajstić information content (AvgIpc) is 2.93. The molecule has 4 aromatic carbocycles. The fourth-order valence-electron chi connectivity index (χ4n) is 5.34. The first kappa shape index (κ1) is 20.8. The zero-order chi connectivity index (χ0) is 24.3. The minimum Gasteiger partial charge on any atom is -0.457 e. The minimum absolute atomic E-state index is 0.133. The Kier molecular flexibility index (Phi) is 4.49. The monoisotopic (exact) mass is 464 g/mol. The topological polar surface area (TPSA) is 35.0 Å². The van der Waals surface area contributed by atoms with Gasteiger partial charge < -0.3 is 4.74 Å². The van der Waals surface area contributed by atoms with Crippen molar-refractivity contribution in [3.63, 3.8) is 0 Å². The van der Waals surface area contributed by atoms with Crippen molar-refractivity contribution >= 4 is 21.8 Å². The van der Waals surface area contributed by atoms with E-state index in [0.717, 1.165) is 44.6 Å². The zero-order valence-corrected chi connectivity index (χ0v) is 20.2. The Labute approximate surface area is 210 Å². The van der Waals surface area contributed by atoms with E-state index in [-0.39, 0.29) is 5.41 Å². The Bertz CT molecular complexity index is 1780. The highest BCUT2D eigenvalue weighted by Gasteiger charge is 2.34. The Morgan fingerprint density at radius 1 is 0.583 bits per heavy atom. The summed E-state index contributed by atoms with van der Waals surface area (Å²) in [5, 5.41) is 2.20. The summed E-state index contributed by atoms with van der Waals surface area (Å²) in [4.78, 5) is 9.58. The highest BCUT2D eigenvalue weighted by Crippen LogP contribution is 2.48. The molecule has 7 rings (SSSR count). The third-order valence-corrected chi connectivity index (χ3v) is 7.38. The largest absolute Gasteiger partial charge is 0.457 e. The number of aromatic nitrogens is 2. The number of fused-ring (bicyclic) bond motifs is 5. The van der Waals surface area contributed by atoms with Crippen molar-refractivity contribution in [1.29, 1.82) is 0 Å². The van der Waals surface area contributed by atoms with Crippen LogP contribution in [0, 0.1) is 0 Å². The van der Waals surface area contributed by atoms with E-state index in [1.807, 2.05) is 24.4 Å². The maximum absolute atomic E-state index is 6.23. The van der Waals surface area contributed by atoms with Crippen molar-refractivity contribution in [2.75, 3.05) is 0 Å². The molecule has 1 aliphatic rings. The standard InChI is InChI=1S/C33H24N2O/c1-33(2)26-7-3-4-8-29(26)36-30-18-16-25(20-27(30)33)21-9-11-22(12-10-21)28-17-15-24-14-13-23-6-5-19-34-31(23)32(24)35-28/h3-20H,1-2H3. The van der Waals surface area contributed by atoms with Crippen LogP contribution in [-0.4, -0.2) is 9.97 Å². The zero-order valence-electron chi connectivity index (χ0n) is 20.2. The van der Waals surface area contributed by atoms with E-state index in [1.54, 1.807) is 0 Å². The molecule has 3 heteroatoms. The summed E-state index contributed by atoms with van der Waals surface area (Å²) in [6.07, 6.45) is 1.83. The van der Waals surface area contributed by atoms with Crippen LogP contribution in [0.25, 0.3) is 44.2 Å². The molecule has 6 aromatic rings. The minimum atomic E-state index is -0.133. The predicted octanol–water partition coefficient (Wildman–Crippen LogP) is 8.55. The lowest BCUT2D eigenvalue weighted by Crippen LogP contribution is -2.24. The number of nitrogens with zero attached hydrogens (tertiary/aromatic N) is 2. The number of rotatable bonds is 2. The van der Waals surface area contributed by atoms with Crippen LogP contribution >= 0.6 is 0 Å². The van der Waals surface area contributed by atoms with Gasteiger partial charge in [-0.3, -0.25) is 4.98 Å². The molecule has 0 aliphatic carbocycles. The number of benzene rings is 4. The number of hydrogen-bond acceptors (Lipinski definition) is 3. The van der Waals surface area contributed by atoms with Crippen LogP contribution in [-0.2, 0) is 5.41 Å². The molecule has 0 fully saturated rings. The molecule has 0 spiro atoms. The summed E-state index contributed by atoms with van der Waals surface area (Å²) < 4.78 is 6.23. The van der Waals surface area contributed by atoms with Gasteiger partial charge in [0.25, 0.3) is 0 Å². The van der Waals surface area contributed by atoms with Crippen molar-refractivity contribution in [3.8, 4) is 33.9 Å². The molecule has 0 saturated carbocycles. The van der Waals surface area contributed by atoms with E-state index in [9.17, 15) is 0 Å². The molecule has 3 heterocycles. The third kappa shape index (κ3) is 3.20. The Morgan fingerprint density at radius 2 is 1.28 bits per heavy atom. The molecule has 0 N–H and O–H groups in total. The lowest BCUT2D eigenvalue weighted by molar-refractivity contribution is 0.418. The molecule has 0 bridgehead atoms. The molecule has 0 radical (unpaired) electrons. The fourth-order valence-corrected chi connectivity index (χ4v) is 5.34. The molecule has 0 unspecified atom stereocenters. The van der Waals surface area contributed by atoms with Gasteiger partial charge in [-0.1, -0.05) is 86.6 Å². The molecule has 0 amide bonds. The van der Waals surface area contributed by atoms with Gasteiger partial charge in [-0.2, -0.15) is 0 Å². The lowest BCUT2D eigenvalue weighted by Gasteiger charge is -2.34. The van der Waals surface area contributed by atoms with Gasteiger partial charge in [0.05, 0.1) is 16.7 Å². The van der Waals surface area contributed by atoms with Gasteiger partial charge in [0.2, 0.25) is 0 Å². The number of pyridine rings is 2. The van der Waals surface area contributed by atoms with Crippen LogP contribution in [0.2, 0.25) is 0 Å². The van der Waals surface area contributed by atoms with E-state index >= 15 is 0 Å². The number of hydrogen-bond donors (Lipinski definition) is 0. The van der Waals surface area contributed by atoms with E-state index in [2.05, 4.69) is 104 Å². The van der Waals surface area contributed by atoms with Crippen LogP contribution in [0.1, 0.15) is 25.0 Å². The molecule has 1 aliphatic heterocycles. The van der Waals surface area contributed by atoms with Gasteiger partial charge in [0.1, 0.15) is 11.5 Å². The predicted molar refractivity (Wildman–Crippen MR) is 147 cm³/mol. The second kappa shape index (κ2) is 7.76. The Hall–Kier alpha value is -4.50. The summed E-state index contributed by atoms with van der Waals surface area (Å²) in [6, 6.07) is 35.9. The van der Waals surface area contributed by atoms with Gasteiger partial charge >= 0.3 is 0 Å². The van der Waals surface area contributed by atoms with Gasteiger partial charge in [-0.05, 0) is 41.5 Å². The van der Waals surface area contributed by atoms with Gasteiger partial charge in [-0.25, -0.2) is 4.98 Å². The molecule has 2 aromatic heterocycles. The Morgan fingerprint density at radius 3 is 2.14 bits per heavy atom. The van der Waals surface area contributed by atoms with Gasteiger partial charge in [0, 0.05) is 39.1 Å². The number of para-hydroxylation sites is 1. The average molecular weight is 465 g/mol. The molecule has 3 nitrogen and oxygen atoms in total. The first-order valence-electron chi connectivity index (χ1n) is 12.3. The van der Waals surface area contributed by atoms with Crippen LogP contribution in [0.15, 0.2) is 109 Å². The lowest BCUT2D eigenvalue weighted by atomic mass is 9.75. The van der Waals surface area contributed by atoms with Gasteiger partial charge in [-0.15, -0.1) is 0 Å². The SMILES string of the molecule is CC1(C)c2ccccc2Oc2ccc(-c3ccc(-c4ccc5ccc6cccnc6c5n4)cc3)cc21. The van der Waals surface area contributed by atoms with Crippen molar-refractivity contribution < 1.29 is 4.74 Å². The van der Waals surface area contributed by atoms with E-state index < -0.39 is 0 Å². The Balaban J connectivity index is 1.26. The molecular formula is C33H24N2O. The summed E-state index contributed by atoms with van der Waals surface area (Å²) in [7, 11) is 0. The van der Waals surface area contributed by atoms with Crippen molar-refractivity contribution in [3.05, 3.63) is 120 Å². The van der Waals surface area contributed by atoms with Crippen LogP contribution in [0.5, 0.6) is 11.5 Å². The summed E-state index contributed by atoms with van der Waals surface area (Å²) in [5.74, 6) is 1.87. The van der Waals surface area contributed by atoms with E-state index in [0.29, 0.717) is 0 Å². The quantitative estimate of drug-likeness (QED) is 0.241. The molecule has 0 atom stereocenters. The maximum atomic E-state index is 6.23. The fraction of sp³-hybridized carbons (Fsp3) is 0.0909. The van der Waals surface area contributed by atoms with Crippen LogP contribution in [0.4, 0.5) is 0 Å². The normalized spacial score (nSPS) is 13.7. The molecule has 0 saturated heterocycles. The van der Waals surface area contributed by atoms with Crippen molar-refractivity contribution in [2.24, 2.45) is 0 Å². The number of ether oxygens (including phenoxy) is 1.